The molecule has 0 radical (unpaired) electrons. The van der Waals surface area contributed by atoms with Crippen molar-refractivity contribution in [2.75, 3.05) is 19.7 Å². The quantitative estimate of drug-likeness (QED) is 0.875. The SMILES string of the molecule is O=C(COc1ccc(-c2ccccc2)cc1Cl)NC1CCNCC1. The highest BCUT2D eigenvalue weighted by Gasteiger charge is 2.16. The number of ether oxygens (including phenoxy) is 1. The van der Waals surface area contributed by atoms with Crippen LogP contribution in [-0.2, 0) is 4.79 Å². The van der Waals surface area contributed by atoms with Crippen molar-refractivity contribution < 1.29 is 9.53 Å². The fourth-order valence-electron chi connectivity index (χ4n) is 2.81. The van der Waals surface area contributed by atoms with Gasteiger partial charge in [-0.05, 0) is 49.2 Å². The fraction of sp³-hybridized carbons (Fsp3) is 0.316. The molecule has 0 spiro atoms. The van der Waals surface area contributed by atoms with Crippen LogP contribution in [0.2, 0.25) is 5.02 Å². The Morgan fingerprint density at radius 1 is 1.12 bits per heavy atom. The average Bonchev–Trinajstić information content (AvgIpc) is 2.62. The molecule has 4 nitrogen and oxygen atoms in total. The maximum Gasteiger partial charge on any atom is 0.258 e. The zero-order chi connectivity index (χ0) is 16.8. The molecule has 0 aromatic heterocycles. The molecule has 0 saturated carbocycles. The number of rotatable bonds is 5. The van der Waals surface area contributed by atoms with Crippen molar-refractivity contribution in [2.24, 2.45) is 0 Å². The molecular formula is C19H21ClN2O2. The lowest BCUT2D eigenvalue weighted by Crippen LogP contribution is -2.44. The number of hydrogen-bond acceptors (Lipinski definition) is 3. The van der Waals surface area contributed by atoms with Crippen molar-refractivity contribution in [1.82, 2.24) is 10.6 Å². The lowest BCUT2D eigenvalue weighted by atomic mass is 10.1. The van der Waals surface area contributed by atoms with Gasteiger partial charge in [0.1, 0.15) is 5.75 Å². The number of halogens is 1. The topological polar surface area (TPSA) is 50.4 Å². The molecule has 2 aromatic rings. The van der Waals surface area contributed by atoms with Gasteiger partial charge in [-0.2, -0.15) is 0 Å². The Labute approximate surface area is 147 Å². The number of nitrogens with one attached hydrogen (secondary N) is 2. The summed E-state index contributed by atoms with van der Waals surface area (Å²) < 4.78 is 5.57. The van der Waals surface area contributed by atoms with E-state index in [0.717, 1.165) is 37.1 Å². The minimum Gasteiger partial charge on any atom is -0.482 e. The van der Waals surface area contributed by atoms with Crippen molar-refractivity contribution in [1.29, 1.82) is 0 Å². The Bertz CT molecular complexity index is 685. The third-order valence-electron chi connectivity index (χ3n) is 4.10. The molecule has 1 aliphatic heterocycles. The zero-order valence-electron chi connectivity index (χ0n) is 13.4. The normalized spacial score (nSPS) is 15.0. The highest BCUT2D eigenvalue weighted by atomic mass is 35.5. The van der Waals surface area contributed by atoms with Gasteiger partial charge in [-0.15, -0.1) is 0 Å². The van der Waals surface area contributed by atoms with Gasteiger partial charge >= 0.3 is 0 Å². The van der Waals surface area contributed by atoms with E-state index in [-0.39, 0.29) is 18.6 Å². The van der Waals surface area contributed by atoms with Crippen molar-refractivity contribution in [3.05, 3.63) is 53.6 Å². The third kappa shape index (κ3) is 4.49. The summed E-state index contributed by atoms with van der Waals surface area (Å²) in [6, 6.07) is 15.8. The van der Waals surface area contributed by atoms with Crippen LogP contribution in [-0.4, -0.2) is 31.6 Å². The number of carbonyl (C=O) groups is 1. The summed E-state index contributed by atoms with van der Waals surface area (Å²) in [5.74, 6) is 0.418. The van der Waals surface area contributed by atoms with Crippen molar-refractivity contribution in [2.45, 2.75) is 18.9 Å². The van der Waals surface area contributed by atoms with Gasteiger partial charge < -0.3 is 15.4 Å². The van der Waals surface area contributed by atoms with Gasteiger partial charge in [-0.1, -0.05) is 48.0 Å². The molecule has 1 amide bonds. The molecule has 2 N–H and O–H groups in total. The first-order chi connectivity index (χ1) is 11.7. The van der Waals surface area contributed by atoms with Gasteiger partial charge in [0.2, 0.25) is 0 Å². The van der Waals surface area contributed by atoms with E-state index in [1.54, 1.807) is 0 Å². The second kappa shape index (κ2) is 8.18. The zero-order valence-corrected chi connectivity index (χ0v) is 14.2. The van der Waals surface area contributed by atoms with E-state index in [1.165, 1.54) is 0 Å². The van der Waals surface area contributed by atoms with Crippen LogP contribution in [0.1, 0.15) is 12.8 Å². The Balaban J connectivity index is 1.56. The number of piperidine rings is 1. The van der Waals surface area contributed by atoms with Crippen LogP contribution in [0, 0.1) is 0 Å². The van der Waals surface area contributed by atoms with Crippen LogP contribution in [0.15, 0.2) is 48.5 Å². The van der Waals surface area contributed by atoms with Crippen molar-refractivity contribution in [3.63, 3.8) is 0 Å². The lowest BCUT2D eigenvalue weighted by Gasteiger charge is -2.23. The van der Waals surface area contributed by atoms with Crippen molar-refractivity contribution >= 4 is 17.5 Å². The summed E-state index contributed by atoms with van der Waals surface area (Å²) in [6.45, 7) is 1.87. The summed E-state index contributed by atoms with van der Waals surface area (Å²) in [5, 5.41) is 6.78. The summed E-state index contributed by atoms with van der Waals surface area (Å²) in [6.07, 6.45) is 1.91. The number of benzene rings is 2. The standard InChI is InChI=1S/C19H21ClN2O2/c20-17-12-15(14-4-2-1-3-5-14)6-7-18(17)24-13-19(23)22-16-8-10-21-11-9-16/h1-7,12,16,21H,8-11,13H2,(H,22,23). The molecule has 1 heterocycles. The summed E-state index contributed by atoms with van der Waals surface area (Å²) in [7, 11) is 0. The molecule has 126 valence electrons. The lowest BCUT2D eigenvalue weighted by molar-refractivity contribution is -0.123. The molecule has 0 atom stereocenters. The van der Waals surface area contributed by atoms with Crippen LogP contribution in [0.25, 0.3) is 11.1 Å². The average molecular weight is 345 g/mol. The highest BCUT2D eigenvalue weighted by Crippen LogP contribution is 2.30. The van der Waals surface area contributed by atoms with Gasteiger partial charge in [-0.3, -0.25) is 4.79 Å². The summed E-state index contributed by atoms with van der Waals surface area (Å²) in [5.41, 5.74) is 2.11. The maximum atomic E-state index is 12.0. The van der Waals surface area contributed by atoms with Crippen LogP contribution in [0.5, 0.6) is 5.75 Å². The minimum absolute atomic E-state index is 0.0195. The molecule has 3 rings (SSSR count). The number of amides is 1. The van der Waals surface area contributed by atoms with Crippen LogP contribution >= 0.6 is 11.6 Å². The van der Waals surface area contributed by atoms with Gasteiger partial charge in [0.25, 0.3) is 5.91 Å². The first kappa shape index (κ1) is 16.8. The smallest absolute Gasteiger partial charge is 0.258 e. The number of hydrogen-bond donors (Lipinski definition) is 2. The Morgan fingerprint density at radius 3 is 2.58 bits per heavy atom. The molecule has 24 heavy (non-hydrogen) atoms. The van der Waals surface area contributed by atoms with E-state index in [4.69, 9.17) is 16.3 Å². The monoisotopic (exact) mass is 344 g/mol. The Morgan fingerprint density at radius 2 is 1.88 bits per heavy atom. The van der Waals surface area contributed by atoms with Crippen molar-refractivity contribution in [3.8, 4) is 16.9 Å². The van der Waals surface area contributed by atoms with E-state index >= 15 is 0 Å². The molecular weight excluding hydrogens is 324 g/mol. The second-order valence-corrected chi connectivity index (χ2v) is 6.30. The second-order valence-electron chi connectivity index (χ2n) is 5.89. The molecule has 5 heteroatoms. The molecule has 1 aliphatic rings. The first-order valence-corrected chi connectivity index (χ1v) is 8.58. The van der Waals surface area contributed by atoms with E-state index in [1.807, 2.05) is 48.5 Å². The number of carbonyl (C=O) groups excluding carboxylic acids is 1. The van der Waals surface area contributed by atoms with E-state index in [2.05, 4.69) is 10.6 Å². The van der Waals surface area contributed by atoms with Crippen LogP contribution in [0.4, 0.5) is 0 Å². The van der Waals surface area contributed by atoms with E-state index in [9.17, 15) is 4.79 Å². The fourth-order valence-corrected chi connectivity index (χ4v) is 3.04. The molecule has 1 fully saturated rings. The van der Waals surface area contributed by atoms with Gasteiger partial charge in [0, 0.05) is 6.04 Å². The maximum absolute atomic E-state index is 12.0. The predicted molar refractivity (Wildman–Crippen MR) is 96.4 cm³/mol. The third-order valence-corrected chi connectivity index (χ3v) is 4.40. The highest BCUT2D eigenvalue weighted by molar-refractivity contribution is 6.32. The largest absolute Gasteiger partial charge is 0.482 e. The first-order valence-electron chi connectivity index (χ1n) is 8.20. The van der Waals surface area contributed by atoms with E-state index < -0.39 is 0 Å². The van der Waals surface area contributed by atoms with Crippen LogP contribution in [0.3, 0.4) is 0 Å². The molecule has 0 aliphatic carbocycles. The van der Waals surface area contributed by atoms with Gasteiger partial charge in [-0.25, -0.2) is 0 Å². The van der Waals surface area contributed by atoms with E-state index in [0.29, 0.717) is 10.8 Å². The minimum atomic E-state index is -0.106. The Hall–Kier alpha value is -2.04. The predicted octanol–water partition coefficient (Wildman–Crippen LogP) is 3.25. The molecule has 2 aromatic carbocycles. The van der Waals surface area contributed by atoms with Gasteiger partial charge in [0.15, 0.2) is 6.61 Å². The Kier molecular flexibility index (Phi) is 5.72. The summed E-state index contributed by atoms with van der Waals surface area (Å²) >= 11 is 6.29. The molecule has 0 bridgehead atoms. The molecule has 1 saturated heterocycles. The van der Waals surface area contributed by atoms with Crippen LogP contribution < -0.4 is 15.4 Å². The summed E-state index contributed by atoms with van der Waals surface area (Å²) in [4.78, 5) is 12.0. The molecule has 0 unspecified atom stereocenters. The van der Waals surface area contributed by atoms with Gasteiger partial charge in [0.05, 0.1) is 5.02 Å².